The molecule has 5 N–H and O–H groups in total. The maximum absolute atomic E-state index is 10.1. The molecule has 0 heterocycles. The Morgan fingerprint density at radius 3 is 2.14 bits per heavy atom. The molecule has 0 saturated heterocycles. The fourth-order valence-corrected chi connectivity index (χ4v) is 0.632. The van der Waals surface area contributed by atoms with Crippen LogP contribution in [0.2, 0.25) is 0 Å². The Kier molecular flexibility index (Phi) is 11.8. The van der Waals surface area contributed by atoms with Crippen LogP contribution < -0.4 is 11.5 Å². The molecule has 1 atom stereocenters. The molecule has 0 aromatic heterocycles. The highest BCUT2D eigenvalue weighted by Crippen LogP contribution is 1.96. The fourth-order valence-electron chi connectivity index (χ4n) is 0.632. The van der Waals surface area contributed by atoms with E-state index in [-0.39, 0.29) is 5.24 Å². The van der Waals surface area contributed by atoms with Crippen LogP contribution in [0.1, 0.15) is 26.2 Å². The van der Waals surface area contributed by atoms with E-state index in [1.807, 2.05) is 0 Å². The fraction of sp³-hybridized carbons (Fsp3) is 0.750. The van der Waals surface area contributed by atoms with Crippen LogP contribution in [0, 0.1) is 0 Å². The van der Waals surface area contributed by atoms with E-state index >= 15 is 0 Å². The molecule has 0 aliphatic carbocycles. The van der Waals surface area contributed by atoms with Gasteiger partial charge in [0.2, 0.25) is 5.24 Å². The van der Waals surface area contributed by atoms with E-state index in [4.69, 9.17) is 16.6 Å². The van der Waals surface area contributed by atoms with Gasteiger partial charge in [-0.3, -0.25) is 9.59 Å². The highest BCUT2D eigenvalue weighted by molar-refractivity contribution is 6.62. The van der Waals surface area contributed by atoms with Crippen LogP contribution in [0.15, 0.2) is 0 Å². The predicted molar refractivity (Wildman–Crippen MR) is 55.1 cm³/mol. The third-order valence-corrected chi connectivity index (χ3v) is 1.29. The molecule has 0 aliphatic heterocycles. The smallest absolute Gasteiger partial charge is 0.320 e. The Bertz CT molecular complexity index is 172. The van der Waals surface area contributed by atoms with Gasteiger partial charge < -0.3 is 16.6 Å². The monoisotopic (exact) mass is 224 g/mol. The maximum atomic E-state index is 10.1. The quantitative estimate of drug-likeness (QED) is 0.460. The zero-order valence-electron chi connectivity index (χ0n) is 8.20. The SMILES string of the molecule is CC(=O)Cl.NCCCCC(N)C(=O)O. The normalized spacial score (nSPS) is 11.1. The Hall–Kier alpha value is -0.650. The number of halogens is 1. The number of aliphatic carboxylic acids is 1. The summed E-state index contributed by atoms with van der Waals surface area (Å²) in [5, 5.41) is 7.96. The van der Waals surface area contributed by atoms with Crippen LogP contribution in [0.25, 0.3) is 0 Å². The summed E-state index contributed by atoms with van der Waals surface area (Å²) in [5.74, 6) is -0.933. The lowest BCUT2D eigenvalue weighted by molar-refractivity contribution is -0.138. The van der Waals surface area contributed by atoms with Crippen molar-refractivity contribution in [3.63, 3.8) is 0 Å². The minimum atomic E-state index is -0.933. The second-order valence-corrected chi connectivity index (χ2v) is 3.23. The summed E-state index contributed by atoms with van der Waals surface area (Å²) in [4.78, 5) is 19.3. The minimum Gasteiger partial charge on any atom is -0.480 e. The van der Waals surface area contributed by atoms with Gasteiger partial charge in [0.15, 0.2) is 0 Å². The third kappa shape index (κ3) is 17.4. The van der Waals surface area contributed by atoms with Gasteiger partial charge in [-0.2, -0.15) is 0 Å². The van der Waals surface area contributed by atoms with Crippen molar-refractivity contribution in [2.75, 3.05) is 6.54 Å². The summed E-state index contributed by atoms with van der Waals surface area (Å²) in [7, 11) is 0. The Balaban J connectivity index is 0. The first kappa shape index (κ1) is 15.8. The van der Waals surface area contributed by atoms with Crippen molar-refractivity contribution < 1.29 is 14.7 Å². The molecule has 0 bridgehead atoms. The van der Waals surface area contributed by atoms with Crippen molar-refractivity contribution in [2.45, 2.75) is 32.2 Å². The molecule has 14 heavy (non-hydrogen) atoms. The van der Waals surface area contributed by atoms with Crippen molar-refractivity contribution in [3.05, 3.63) is 0 Å². The van der Waals surface area contributed by atoms with E-state index in [2.05, 4.69) is 11.6 Å². The summed E-state index contributed by atoms with van der Waals surface area (Å²) < 4.78 is 0. The molecule has 0 saturated carbocycles. The number of carbonyl (C=O) groups is 2. The van der Waals surface area contributed by atoms with Gasteiger partial charge in [0.1, 0.15) is 6.04 Å². The van der Waals surface area contributed by atoms with Crippen LogP contribution >= 0.6 is 11.6 Å². The van der Waals surface area contributed by atoms with Gasteiger partial charge in [0.25, 0.3) is 0 Å². The molecular formula is C8H17ClN2O3. The summed E-state index contributed by atoms with van der Waals surface area (Å²) in [6.45, 7) is 1.90. The van der Waals surface area contributed by atoms with E-state index in [1.165, 1.54) is 6.92 Å². The molecule has 0 fully saturated rings. The standard InChI is InChI=1S/C6H14N2O2.C2H3ClO/c7-4-2-1-3-5(8)6(9)10;1-2(3)4/h5H,1-4,7-8H2,(H,9,10);1H3. The lowest BCUT2D eigenvalue weighted by atomic mass is 10.1. The van der Waals surface area contributed by atoms with Gasteiger partial charge >= 0.3 is 5.97 Å². The van der Waals surface area contributed by atoms with Crippen molar-refractivity contribution in [1.29, 1.82) is 0 Å². The van der Waals surface area contributed by atoms with Crippen LogP contribution in [-0.2, 0) is 9.59 Å². The molecule has 5 nitrogen and oxygen atoms in total. The number of carboxylic acids is 1. The predicted octanol–water partition coefficient (Wildman–Crippen LogP) is 0.299. The van der Waals surface area contributed by atoms with Crippen LogP contribution in [-0.4, -0.2) is 28.9 Å². The molecular weight excluding hydrogens is 208 g/mol. The van der Waals surface area contributed by atoms with Crippen molar-refractivity contribution in [2.24, 2.45) is 11.5 Å². The molecule has 0 radical (unpaired) electrons. The van der Waals surface area contributed by atoms with E-state index in [0.717, 1.165) is 12.8 Å². The van der Waals surface area contributed by atoms with E-state index in [0.29, 0.717) is 13.0 Å². The maximum Gasteiger partial charge on any atom is 0.320 e. The molecule has 0 spiro atoms. The van der Waals surface area contributed by atoms with E-state index in [9.17, 15) is 9.59 Å². The third-order valence-electron chi connectivity index (χ3n) is 1.29. The van der Waals surface area contributed by atoms with Crippen LogP contribution in [0.5, 0.6) is 0 Å². The lowest BCUT2D eigenvalue weighted by Crippen LogP contribution is -2.29. The first-order valence-electron chi connectivity index (χ1n) is 4.26. The van der Waals surface area contributed by atoms with Crippen molar-refractivity contribution in [3.8, 4) is 0 Å². The molecule has 0 amide bonds. The van der Waals surface area contributed by atoms with Gasteiger partial charge in [-0.05, 0) is 31.0 Å². The topological polar surface area (TPSA) is 106 Å². The lowest BCUT2D eigenvalue weighted by Gasteiger charge is -2.03. The summed E-state index contributed by atoms with van der Waals surface area (Å²) in [6, 6.07) is -0.716. The minimum absolute atomic E-state index is 0.361. The second kappa shape index (κ2) is 10.4. The molecule has 1 unspecified atom stereocenters. The Morgan fingerprint density at radius 1 is 1.43 bits per heavy atom. The van der Waals surface area contributed by atoms with E-state index in [1.54, 1.807) is 0 Å². The zero-order valence-corrected chi connectivity index (χ0v) is 8.96. The molecule has 0 aliphatic rings. The number of rotatable bonds is 5. The number of hydrogen-bond donors (Lipinski definition) is 3. The number of unbranched alkanes of at least 4 members (excludes halogenated alkanes) is 1. The Morgan fingerprint density at radius 2 is 1.86 bits per heavy atom. The number of nitrogens with two attached hydrogens (primary N) is 2. The van der Waals surface area contributed by atoms with Crippen molar-refractivity contribution in [1.82, 2.24) is 0 Å². The van der Waals surface area contributed by atoms with Crippen molar-refractivity contribution >= 4 is 22.8 Å². The summed E-state index contributed by atoms with van der Waals surface area (Å²) in [5.41, 5.74) is 10.4. The van der Waals surface area contributed by atoms with Crippen LogP contribution in [0.3, 0.4) is 0 Å². The van der Waals surface area contributed by atoms with Gasteiger partial charge in [-0.15, -0.1) is 0 Å². The highest BCUT2D eigenvalue weighted by Gasteiger charge is 2.09. The van der Waals surface area contributed by atoms with Gasteiger partial charge in [0, 0.05) is 6.92 Å². The first-order chi connectivity index (χ1) is 6.41. The second-order valence-electron chi connectivity index (χ2n) is 2.70. The van der Waals surface area contributed by atoms with Crippen LogP contribution in [0.4, 0.5) is 0 Å². The summed E-state index contributed by atoms with van der Waals surface area (Å²) in [6.07, 6.45) is 2.16. The zero-order chi connectivity index (χ0) is 11.6. The molecule has 6 heteroatoms. The average Bonchev–Trinajstić information content (AvgIpc) is 2.03. The number of carbonyl (C=O) groups excluding carboxylic acids is 1. The molecule has 0 aromatic rings. The van der Waals surface area contributed by atoms with Gasteiger partial charge in [-0.1, -0.05) is 6.42 Å². The molecule has 0 rings (SSSR count). The first-order valence-corrected chi connectivity index (χ1v) is 4.64. The Labute approximate surface area is 88.4 Å². The number of hydrogen-bond acceptors (Lipinski definition) is 4. The largest absolute Gasteiger partial charge is 0.480 e. The molecule has 84 valence electrons. The number of carboxylic acid groups (broad SMARTS) is 1. The summed E-state index contributed by atoms with van der Waals surface area (Å²) >= 11 is 4.64. The van der Waals surface area contributed by atoms with E-state index < -0.39 is 12.0 Å². The molecule has 0 aromatic carbocycles. The van der Waals surface area contributed by atoms with Gasteiger partial charge in [-0.25, -0.2) is 0 Å². The highest BCUT2D eigenvalue weighted by atomic mass is 35.5. The van der Waals surface area contributed by atoms with Gasteiger partial charge in [0.05, 0.1) is 0 Å². The average molecular weight is 225 g/mol.